The van der Waals surface area contributed by atoms with Crippen LogP contribution in [0.4, 0.5) is 0 Å². The normalized spacial score (nSPS) is 23.2. The molecule has 1 atom stereocenters. The molecule has 1 rings (SSSR count). The van der Waals surface area contributed by atoms with Crippen molar-refractivity contribution in [2.45, 2.75) is 32.6 Å². The monoisotopic (exact) mass is 277 g/mol. The van der Waals surface area contributed by atoms with Crippen molar-refractivity contribution < 1.29 is 8.42 Å². The van der Waals surface area contributed by atoms with Gasteiger partial charge in [-0.15, -0.1) is 0 Å². The second-order valence-corrected chi connectivity index (χ2v) is 7.26. The molecule has 1 fully saturated rings. The molecule has 18 heavy (non-hydrogen) atoms. The first-order valence-corrected chi connectivity index (χ1v) is 8.24. The Kier molecular flexibility index (Phi) is 6.55. The van der Waals surface area contributed by atoms with Gasteiger partial charge in [0.2, 0.25) is 0 Å². The first kappa shape index (κ1) is 15.9. The first-order valence-electron chi connectivity index (χ1n) is 6.84. The molecule has 0 aromatic heterocycles. The van der Waals surface area contributed by atoms with Crippen LogP contribution in [0.2, 0.25) is 0 Å². The zero-order chi connectivity index (χ0) is 13.6. The van der Waals surface area contributed by atoms with Gasteiger partial charge in [0.15, 0.2) is 0 Å². The summed E-state index contributed by atoms with van der Waals surface area (Å²) in [6, 6.07) is 0. The lowest BCUT2D eigenvalue weighted by molar-refractivity contribution is 0.360. The lowest BCUT2D eigenvalue weighted by Crippen LogP contribution is -2.43. The van der Waals surface area contributed by atoms with E-state index >= 15 is 0 Å². The van der Waals surface area contributed by atoms with Crippen LogP contribution in [0.25, 0.3) is 0 Å². The smallest absolute Gasteiger partial charge is 0.281 e. The van der Waals surface area contributed by atoms with E-state index in [0.29, 0.717) is 25.6 Å². The lowest BCUT2D eigenvalue weighted by Gasteiger charge is -2.26. The van der Waals surface area contributed by atoms with E-state index in [1.54, 1.807) is 11.4 Å². The highest BCUT2D eigenvalue weighted by molar-refractivity contribution is 7.86. The number of nitrogens with one attached hydrogen (secondary N) is 1. The molecule has 6 heteroatoms. The van der Waals surface area contributed by atoms with E-state index in [9.17, 15) is 8.42 Å². The van der Waals surface area contributed by atoms with Crippen molar-refractivity contribution in [3.8, 4) is 0 Å². The van der Waals surface area contributed by atoms with E-state index in [2.05, 4.69) is 12.2 Å². The van der Waals surface area contributed by atoms with Crippen molar-refractivity contribution in [1.82, 2.24) is 13.9 Å². The molecule has 1 unspecified atom stereocenters. The van der Waals surface area contributed by atoms with Crippen molar-refractivity contribution in [1.29, 1.82) is 0 Å². The van der Waals surface area contributed by atoms with Crippen LogP contribution in [-0.4, -0.2) is 57.3 Å². The fourth-order valence-corrected chi connectivity index (χ4v) is 3.71. The maximum absolute atomic E-state index is 12.4. The predicted molar refractivity (Wildman–Crippen MR) is 74.7 cm³/mol. The van der Waals surface area contributed by atoms with E-state index < -0.39 is 10.2 Å². The van der Waals surface area contributed by atoms with Gasteiger partial charge in [0.25, 0.3) is 10.2 Å². The molecule has 1 aliphatic rings. The number of nitrogens with zero attached hydrogens (tertiary/aromatic N) is 2. The lowest BCUT2D eigenvalue weighted by atomic mass is 10.0. The highest BCUT2D eigenvalue weighted by Gasteiger charge is 2.28. The topological polar surface area (TPSA) is 52.7 Å². The molecule has 1 heterocycles. The Bertz CT molecular complexity index is 332. The maximum atomic E-state index is 12.4. The van der Waals surface area contributed by atoms with Crippen molar-refractivity contribution in [2.24, 2.45) is 5.92 Å². The van der Waals surface area contributed by atoms with Crippen molar-refractivity contribution in [3.05, 3.63) is 0 Å². The molecule has 0 spiro atoms. The fourth-order valence-electron chi connectivity index (χ4n) is 2.26. The Hall–Kier alpha value is -0.170. The minimum atomic E-state index is -3.25. The SMILES string of the molecule is CNCCCN(C)S(=O)(=O)N1CCCC(C)CC1. The van der Waals surface area contributed by atoms with Crippen molar-refractivity contribution in [2.75, 3.05) is 40.3 Å². The van der Waals surface area contributed by atoms with Crippen molar-refractivity contribution in [3.63, 3.8) is 0 Å². The Balaban J connectivity index is 2.55. The van der Waals surface area contributed by atoms with Gasteiger partial charge in [-0.2, -0.15) is 17.0 Å². The highest BCUT2D eigenvalue weighted by atomic mass is 32.2. The van der Waals surface area contributed by atoms with Crippen LogP contribution in [0.5, 0.6) is 0 Å². The van der Waals surface area contributed by atoms with Gasteiger partial charge in [-0.1, -0.05) is 6.92 Å². The second kappa shape index (κ2) is 7.43. The summed E-state index contributed by atoms with van der Waals surface area (Å²) < 4.78 is 27.9. The van der Waals surface area contributed by atoms with Crippen molar-refractivity contribution >= 4 is 10.2 Å². The van der Waals surface area contributed by atoms with Crippen LogP contribution in [-0.2, 0) is 10.2 Å². The third-order valence-electron chi connectivity index (χ3n) is 3.60. The largest absolute Gasteiger partial charge is 0.320 e. The summed E-state index contributed by atoms with van der Waals surface area (Å²) in [6.45, 7) is 4.96. The van der Waals surface area contributed by atoms with E-state index in [1.807, 2.05) is 7.05 Å². The Morgan fingerprint density at radius 3 is 2.72 bits per heavy atom. The molecule has 0 aliphatic carbocycles. The summed E-state index contributed by atoms with van der Waals surface area (Å²) in [7, 11) is 0.309. The molecular formula is C12H27N3O2S. The average Bonchev–Trinajstić information content (AvgIpc) is 2.54. The van der Waals surface area contributed by atoms with E-state index in [0.717, 1.165) is 32.2 Å². The molecule has 0 aromatic rings. The molecule has 1 N–H and O–H groups in total. The minimum absolute atomic E-state index is 0.579. The van der Waals surface area contributed by atoms with E-state index in [-0.39, 0.29) is 0 Å². The number of hydrogen-bond acceptors (Lipinski definition) is 3. The average molecular weight is 277 g/mol. The van der Waals surface area contributed by atoms with Gasteiger partial charge >= 0.3 is 0 Å². The van der Waals surface area contributed by atoms with Gasteiger partial charge in [-0.3, -0.25) is 0 Å². The van der Waals surface area contributed by atoms with Gasteiger partial charge < -0.3 is 5.32 Å². The van der Waals surface area contributed by atoms with Crippen LogP contribution >= 0.6 is 0 Å². The second-order valence-electron chi connectivity index (χ2n) is 5.22. The van der Waals surface area contributed by atoms with Crippen LogP contribution in [0, 0.1) is 5.92 Å². The van der Waals surface area contributed by atoms with E-state index in [1.165, 1.54) is 4.31 Å². The molecule has 0 amide bonds. The number of hydrogen-bond donors (Lipinski definition) is 1. The summed E-state index contributed by atoms with van der Waals surface area (Å²) in [5.74, 6) is 0.639. The Morgan fingerprint density at radius 2 is 2.06 bits per heavy atom. The summed E-state index contributed by atoms with van der Waals surface area (Å²) in [5.41, 5.74) is 0. The third-order valence-corrected chi connectivity index (χ3v) is 5.58. The molecule has 0 radical (unpaired) electrons. The van der Waals surface area contributed by atoms with E-state index in [4.69, 9.17) is 0 Å². The predicted octanol–water partition coefficient (Wildman–Crippen LogP) is 0.895. The zero-order valence-electron chi connectivity index (χ0n) is 11.9. The first-order chi connectivity index (χ1) is 8.48. The molecule has 0 saturated carbocycles. The summed E-state index contributed by atoms with van der Waals surface area (Å²) in [4.78, 5) is 0. The summed E-state index contributed by atoms with van der Waals surface area (Å²) >= 11 is 0. The summed E-state index contributed by atoms with van der Waals surface area (Å²) in [5, 5.41) is 3.03. The number of rotatable bonds is 6. The van der Waals surface area contributed by atoms with Gasteiger partial charge in [-0.25, -0.2) is 0 Å². The fraction of sp³-hybridized carbons (Fsp3) is 1.00. The van der Waals surface area contributed by atoms with Gasteiger partial charge in [0.1, 0.15) is 0 Å². The molecule has 1 aliphatic heterocycles. The van der Waals surface area contributed by atoms with Crippen LogP contribution < -0.4 is 5.32 Å². The molecule has 1 saturated heterocycles. The van der Waals surface area contributed by atoms with Gasteiger partial charge in [0, 0.05) is 26.7 Å². The van der Waals surface area contributed by atoms with Gasteiger partial charge in [-0.05, 0) is 45.2 Å². The minimum Gasteiger partial charge on any atom is -0.320 e. The van der Waals surface area contributed by atoms with Crippen LogP contribution in [0.15, 0.2) is 0 Å². The standard InChI is InChI=1S/C12H27N3O2S/c1-12-6-4-10-15(11-7-12)18(16,17)14(3)9-5-8-13-2/h12-13H,4-11H2,1-3H3. The molecule has 5 nitrogen and oxygen atoms in total. The summed E-state index contributed by atoms with van der Waals surface area (Å²) in [6.07, 6.45) is 3.93. The Labute approximate surface area is 112 Å². The van der Waals surface area contributed by atoms with Gasteiger partial charge in [0.05, 0.1) is 0 Å². The molecule has 0 aromatic carbocycles. The molecule has 0 bridgehead atoms. The third kappa shape index (κ3) is 4.50. The van der Waals surface area contributed by atoms with Crippen LogP contribution in [0.1, 0.15) is 32.6 Å². The highest BCUT2D eigenvalue weighted by Crippen LogP contribution is 2.19. The molecule has 108 valence electrons. The molecular weight excluding hydrogens is 250 g/mol. The van der Waals surface area contributed by atoms with Crippen LogP contribution in [0.3, 0.4) is 0 Å². The maximum Gasteiger partial charge on any atom is 0.281 e. The zero-order valence-corrected chi connectivity index (χ0v) is 12.7. The Morgan fingerprint density at radius 1 is 1.33 bits per heavy atom. The quantitative estimate of drug-likeness (QED) is 0.734.